The van der Waals surface area contributed by atoms with Crippen LogP contribution in [0.25, 0.3) is 22.2 Å². The third-order valence-electron chi connectivity index (χ3n) is 8.90. The molecule has 0 bridgehead atoms. The summed E-state index contributed by atoms with van der Waals surface area (Å²) in [6, 6.07) is 20.9. The van der Waals surface area contributed by atoms with Gasteiger partial charge in [-0.25, -0.2) is 0 Å². The summed E-state index contributed by atoms with van der Waals surface area (Å²) in [6.45, 7) is 5.80. The standard InChI is InChI=1S/C33H38N8/c34-20-26-21-35-31-30(26)32(36-27-4-2-1-3-5-27)39-33(38-31)37-28-12-10-25(11-13-28)24-8-6-23(7-9-24)22-40-16-18-41(19-17-40)29-14-15-29/h6-13,21,27,29H,1-5,14-19,22H2,(H3,35,36,37,38,39). The van der Waals surface area contributed by atoms with Crippen LogP contribution in [0.15, 0.2) is 54.7 Å². The lowest BCUT2D eigenvalue weighted by Gasteiger charge is -2.34. The van der Waals surface area contributed by atoms with Crippen LogP contribution in [0.5, 0.6) is 0 Å². The summed E-state index contributed by atoms with van der Waals surface area (Å²) in [7, 11) is 0. The molecule has 0 unspecified atom stereocenters. The highest BCUT2D eigenvalue weighted by Gasteiger charge is 2.31. The van der Waals surface area contributed by atoms with Crippen LogP contribution < -0.4 is 10.6 Å². The van der Waals surface area contributed by atoms with E-state index in [9.17, 15) is 5.26 Å². The summed E-state index contributed by atoms with van der Waals surface area (Å²) in [5.74, 6) is 1.24. The topological polar surface area (TPSA) is 95.9 Å². The third-order valence-corrected chi connectivity index (χ3v) is 8.90. The Morgan fingerprint density at radius 3 is 2.24 bits per heavy atom. The molecule has 2 aliphatic carbocycles. The van der Waals surface area contributed by atoms with Crippen LogP contribution in [0.4, 0.5) is 17.5 Å². The summed E-state index contributed by atoms with van der Waals surface area (Å²) in [6.07, 6.45) is 10.5. The molecule has 210 valence electrons. The molecule has 8 nitrogen and oxygen atoms in total. The fourth-order valence-electron chi connectivity index (χ4n) is 6.38. The number of hydrogen-bond donors (Lipinski definition) is 3. The molecule has 7 rings (SSSR count). The number of nitrogens with one attached hydrogen (secondary N) is 3. The van der Waals surface area contributed by atoms with E-state index in [1.807, 2.05) is 0 Å². The fraction of sp³-hybridized carbons (Fsp3) is 0.424. The molecule has 8 heteroatoms. The van der Waals surface area contributed by atoms with E-state index >= 15 is 0 Å². The highest BCUT2D eigenvalue weighted by molar-refractivity contribution is 5.93. The minimum absolute atomic E-state index is 0.374. The van der Waals surface area contributed by atoms with Crippen molar-refractivity contribution >= 4 is 28.5 Å². The van der Waals surface area contributed by atoms with Crippen LogP contribution in [-0.2, 0) is 6.54 Å². The van der Waals surface area contributed by atoms with Gasteiger partial charge in [-0.1, -0.05) is 55.7 Å². The van der Waals surface area contributed by atoms with E-state index in [0.29, 0.717) is 23.2 Å². The number of aromatic nitrogens is 3. The van der Waals surface area contributed by atoms with Gasteiger partial charge < -0.3 is 15.6 Å². The molecular formula is C33H38N8. The molecule has 0 atom stereocenters. The number of aromatic amines is 1. The van der Waals surface area contributed by atoms with Crippen molar-refractivity contribution in [3.8, 4) is 17.2 Å². The highest BCUT2D eigenvalue weighted by Crippen LogP contribution is 2.31. The molecule has 2 saturated carbocycles. The number of benzene rings is 2. The van der Waals surface area contributed by atoms with Gasteiger partial charge in [0.2, 0.25) is 5.95 Å². The van der Waals surface area contributed by atoms with E-state index in [4.69, 9.17) is 4.98 Å². The normalized spacial score (nSPS) is 18.8. The number of fused-ring (bicyclic) bond motifs is 1. The first kappa shape index (κ1) is 26.0. The van der Waals surface area contributed by atoms with Crippen LogP contribution in [-0.4, -0.2) is 63.0 Å². The molecule has 0 radical (unpaired) electrons. The molecule has 0 spiro atoms. The second kappa shape index (κ2) is 11.5. The Bertz CT molecular complexity index is 1520. The van der Waals surface area contributed by atoms with E-state index in [0.717, 1.165) is 42.3 Å². The van der Waals surface area contributed by atoms with Crippen molar-refractivity contribution in [1.29, 1.82) is 5.26 Å². The lowest BCUT2D eigenvalue weighted by molar-refractivity contribution is 0.121. The molecule has 41 heavy (non-hydrogen) atoms. The lowest BCUT2D eigenvalue weighted by Crippen LogP contribution is -2.46. The third kappa shape index (κ3) is 5.92. The maximum atomic E-state index is 9.62. The van der Waals surface area contributed by atoms with E-state index < -0.39 is 0 Å². The molecule has 0 amide bonds. The Kier molecular flexibility index (Phi) is 7.30. The quantitative estimate of drug-likeness (QED) is 0.240. The Hall–Kier alpha value is -3.93. The summed E-state index contributed by atoms with van der Waals surface area (Å²) in [5, 5.41) is 17.4. The Morgan fingerprint density at radius 2 is 1.56 bits per heavy atom. The number of anilines is 3. The molecule has 3 N–H and O–H groups in total. The number of nitriles is 1. The van der Waals surface area contributed by atoms with E-state index in [-0.39, 0.29) is 0 Å². The monoisotopic (exact) mass is 546 g/mol. The second-order valence-electron chi connectivity index (χ2n) is 11.9. The number of nitrogens with zero attached hydrogens (tertiary/aromatic N) is 5. The zero-order valence-corrected chi connectivity index (χ0v) is 23.6. The molecule has 3 fully saturated rings. The SMILES string of the molecule is N#Cc1c[nH]c2nc(Nc3ccc(-c4ccc(CN5CCN(C6CC6)CC5)cc4)cc3)nc(NC3CCCCC3)c12. The molecular weight excluding hydrogens is 508 g/mol. The Morgan fingerprint density at radius 1 is 0.854 bits per heavy atom. The lowest BCUT2D eigenvalue weighted by atomic mass is 9.95. The van der Waals surface area contributed by atoms with E-state index in [2.05, 4.69) is 85.0 Å². The maximum absolute atomic E-state index is 9.62. The summed E-state index contributed by atoms with van der Waals surface area (Å²) < 4.78 is 0. The Labute approximate surface area is 241 Å². The van der Waals surface area contributed by atoms with Crippen LogP contribution in [0.3, 0.4) is 0 Å². The van der Waals surface area contributed by atoms with Gasteiger partial charge >= 0.3 is 0 Å². The van der Waals surface area contributed by atoms with Crippen molar-refractivity contribution in [3.05, 3.63) is 65.9 Å². The molecule has 2 aromatic carbocycles. The first-order chi connectivity index (χ1) is 20.2. The largest absolute Gasteiger partial charge is 0.367 e. The van der Waals surface area contributed by atoms with Crippen molar-refractivity contribution in [3.63, 3.8) is 0 Å². The fourth-order valence-corrected chi connectivity index (χ4v) is 6.38. The van der Waals surface area contributed by atoms with Crippen LogP contribution in [0, 0.1) is 11.3 Å². The van der Waals surface area contributed by atoms with Crippen molar-refractivity contribution in [2.75, 3.05) is 36.8 Å². The van der Waals surface area contributed by atoms with Crippen molar-refractivity contribution in [2.24, 2.45) is 0 Å². The van der Waals surface area contributed by atoms with Crippen molar-refractivity contribution in [2.45, 2.75) is 63.6 Å². The van der Waals surface area contributed by atoms with E-state index in [1.165, 1.54) is 75.0 Å². The average Bonchev–Trinajstić information content (AvgIpc) is 3.78. The smallest absolute Gasteiger partial charge is 0.231 e. The summed E-state index contributed by atoms with van der Waals surface area (Å²) in [5.41, 5.74) is 5.92. The zero-order valence-electron chi connectivity index (χ0n) is 23.6. The number of hydrogen-bond acceptors (Lipinski definition) is 7. The molecule has 1 saturated heterocycles. The number of piperazine rings is 1. The van der Waals surface area contributed by atoms with Gasteiger partial charge in [0, 0.05) is 56.7 Å². The molecule has 1 aliphatic heterocycles. The number of rotatable bonds is 8. The van der Waals surface area contributed by atoms with Crippen LogP contribution >= 0.6 is 0 Å². The van der Waals surface area contributed by atoms with Gasteiger partial charge in [0.15, 0.2) is 0 Å². The highest BCUT2D eigenvalue weighted by atomic mass is 15.3. The minimum atomic E-state index is 0.374. The maximum Gasteiger partial charge on any atom is 0.231 e. The zero-order chi connectivity index (χ0) is 27.6. The Balaban J connectivity index is 1.02. The van der Waals surface area contributed by atoms with E-state index in [1.54, 1.807) is 6.20 Å². The van der Waals surface area contributed by atoms with Crippen LogP contribution in [0.1, 0.15) is 56.1 Å². The summed E-state index contributed by atoms with van der Waals surface area (Å²) >= 11 is 0. The average molecular weight is 547 g/mol. The first-order valence-corrected chi connectivity index (χ1v) is 15.2. The van der Waals surface area contributed by atoms with Gasteiger partial charge in [0.1, 0.15) is 17.5 Å². The molecule has 2 aromatic heterocycles. The molecule has 4 aromatic rings. The minimum Gasteiger partial charge on any atom is -0.367 e. The van der Waals surface area contributed by atoms with Gasteiger partial charge in [-0.3, -0.25) is 9.80 Å². The predicted molar refractivity (Wildman–Crippen MR) is 164 cm³/mol. The number of H-pyrrole nitrogens is 1. The molecule has 3 heterocycles. The molecule has 3 aliphatic rings. The van der Waals surface area contributed by atoms with Gasteiger partial charge in [0.05, 0.1) is 10.9 Å². The van der Waals surface area contributed by atoms with Crippen LogP contribution in [0.2, 0.25) is 0 Å². The van der Waals surface area contributed by atoms with Crippen molar-refractivity contribution in [1.82, 2.24) is 24.8 Å². The second-order valence-corrected chi connectivity index (χ2v) is 11.9. The predicted octanol–water partition coefficient (Wildman–Crippen LogP) is 6.26. The summed E-state index contributed by atoms with van der Waals surface area (Å²) in [4.78, 5) is 17.9. The first-order valence-electron chi connectivity index (χ1n) is 15.2. The van der Waals surface area contributed by atoms with Crippen molar-refractivity contribution < 1.29 is 0 Å². The van der Waals surface area contributed by atoms with Gasteiger partial charge in [0.25, 0.3) is 0 Å². The van der Waals surface area contributed by atoms with Gasteiger partial charge in [-0.2, -0.15) is 15.2 Å². The van der Waals surface area contributed by atoms with Gasteiger partial charge in [-0.05, 0) is 54.5 Å². The van der Waals surface area contributed by atoms with Gasteiger partial charge in [-0.15, -0.1) is 0 Å².